The summed E-state index contributed by atoms with van der Waals surface area (Å²) in [6.45, 7) is -3.18. The Labute approximate surface area is 282 Å². The van der Waals surface area contributed by atoms with Gasteiger partial charge in [-0.1, -0.05) is 30.3 Å². The molecular formula is C32H28F11NO7. The third kappa shape index (κ3) is 9.71. The van der Waals surface area contributed by atoms with Gasteiger partial charge >= 0.3 is 41.9 Å². The molecule has 3 aromatic rings. The zero-order valence-corrected chi connectivity index (χ0v) is 26.1. The third-order valence-corrected chi connectivity index (χ3v) is 6.88. The molecular weight excluding hydrogens is 719 g/mol. The van der Waals surface area contributed by atoms with Crippen LogP contribution in [0.3, 0.4) is 0 Å². The summed E-state index contributed by atoms with van der Waals surface area (Å²) in [5.41, 5.74) is 0.437. The van der Waals surface area contributed by atoms with Gasteiger partial charge in [0.1, 0.15) is 29.6 Å². The van der Waals surface area contributed by atoms with Crippen LogP contribution in [-0.4, -0.2) is 84.3 Å². The number of aliphatic carboxylic acids is 1. The van der Waals surface area contributed by atoms with Crippen LogP contribution in [-0.2, 0) is 16.0 Å². The standard InChI is InChI=1S/C32H28F11NO7/c1-2-48-25(26(45)46)18-20-8-10-21(11-9-20)49-17-16-44(19-28(33,34)29(35,36)30(37,38)31(39,40)32(41,42)43)27(47)51-24-14-12-23(13-15-24)50-22-6-4-3-5-7-22/h3-15,25H,2,16-19H2,1H3,(H,45,46). The number of alkyl halides is 11. The van der Waals surface area contributed by atoms with Gasteiger partial charge in [-0.15, -0.1) is 0 Å². The van der Waals surface area contributed by atoms with Gasteiger partial charge in [-0.05, 0) is 61.0 Å². The Hall–Kier alpha value is -4.81. The van der Waals surface area contributed by atoms with E-state index in [2.05, 4.69) is 0 Å². The van der Waals surface area contributed by atoms with Crippen LogP contribution >= 0.6 is 0 Å². The highest BCUT2D eigenvalue weighted by atomic mass is 19.4. The average molecular weight is 748 g/mol. The molecule has 3 rings (SSSR count). The predicted octanol–water partition coefficient (Wildman–Crippen LogP) is 8.49. The van der Waals surface area contributed by atoms with Gasteiger partial charge in [-0.25, -0.2) is 9.59 Å². The lowest BCUT2D eigenvalue weighted by atomic mass is 9.97. The molecule has 0 fully saturated rings. The number of benzene rings is 3. The van der Waals surface area contributed by atoms with Crippen molar-refractivity contribution < 1.29 is 81.9 Å². The number of amides is 1. The number of carbonyl (C=O) groups excluding carboxylic acids is 1. The monoisotopic (exact) mass is 747 g/mol. The van der Waals surface area contributed by atoms with Crippen molar-refractivity contribution in [3.8, 4) is 23.0 Å². The molecule has 1 amide bonds. The molecule has 0 spiro atoms. The molecule has 3 aromatic carbocycles. The molecule has 1 unspecified atom stereocenters. The molecule has 0 aliphatic rings. The van der Waals surface area contributed by atoms with Gasteiger partial charge in [0.15, 0.2) is 6.10 Å². The fourth-order valence-electron chi connectivity index (χ4n) is 4.17. The molecule has 0 aliphatic heterocycles. The van der Waals surface area contributed by atoms with Crippen LogP contribution in [0.15, 0.2) is 78.9 Å². The smallest absolute Gasteiger partial charge is 0.460 e. The number of nitrogens with zero attached hydrogens (tertiary/aromatic N) is 1. The highest BCUT2D eigenvalue weighted by Crippen LogP contribution is 2.57. The second kappa shape index (κ2) is 16.0. The van der Waals surface area contributed by atoms with E-state index < -0.39 is 73.5 Å². The minimum Gasteiger partial charge on any atom is -0.492 e. The molecule has 0 bridgehead atoms. The van der Waals surface area contributed by atoms with E-state index in [1.807, 2.05) is 0 Å². The Morgan fingerprint density at radius 3 is 1.76 bits per heavy atom. The van der Waals surface area contributed by atoms with E-state index in [0.717, 1.165) is 12.1 Å². The maximum Gasteiger partial charge on any atom is 0.460 e. The maximum absolute atomic E-state index is 14.7. The van der Waals surface area contributed by atoms with Gasteiger partial charge in [0.2, 0.25) is 0 Å². The van der Waals surface area contributed by atoms with Crippen molar-refractivity contribution in [2.24, 2.45) is 0 Å². The van der Waals surface area contributed by atoms with E-state index in [0.29, 0.717) is 11.3 Å². The van der Waals surface area contributed by atoms with Crippen LogP contribution in [0, 0.1) is 0 Å². The van der Waals surface area contributed by atoms with E-state index in [9.17, 15) is 63.0 Å². The van der Waals surface area contributed by atoms with Crippen molar-refractivity contribution in [3.05, 3.63) is 84.4 Å². The topological polar surface area (TPSA) is 94.5 Å². The molecule has 19 heteroatoms. The van der Waals surface area contributed by atoms with E-state index in [1.165, 1.54) is 36.4 Å². The first-order chi connectivity index (χ1) is 23.6. The summed E-state index contributed by atoms with van der Waals surface area (Å²) >= 11 is 0. The third-order valence-electron chi connectivity index (χ3n) is 6.88. The lowest BCUT2D eigenvalue weighted by Gasteiger charge is -2.38. The normalized spacial score (nSPS) is 13.3. The first kappa shape index (κ1) is 40.6. The van der Waals surface area contributed by atoms with Crippen LogP contribution in [0.2, 0.25) is 0 Å². The van der Waals surface area contributed by atoms with E-state index in [-0.39, 0.29) is 29.4 Å². The minimum atomic E-state index is -7.67. The molecule has 0 saturated carbocycles. The van der Waals surface area contributed by atoms with Crippen LogP contribution < -0.4 is 14.2 Å². The van der Waals surface area contributed by atoms with E-state index >= 15 is 0 Å². The van der Waals surface area contributed by atoms with Gasteiger partial charge in [-0.3, -0.25) is 4.90 Å². The number of hydrogen-bond acceptors (Lipinski definition) is 6. The summed E-state index contributed by atoms with van der Waals surface area (Å²) in [6.07, 6.45) is -10.6. The van der Waals surface area contributed by atoms with Crippen molar-refractivity contribution in [2.45, 2.75) is 49.3 Å². The van der Waals surface area contributed by atoms with Gasteiger partial charge in [0.25, 0.3) is 0 Å². The summed E-state index contributed by atoms with van der Waals surface area (Å²) in [5.74, 6) is -30.2. The zero-order chi connectivity index (χ0) is 38.3. The lowest BCUT2D eigenvalue weighted by molar-refractivity contribution is -0.422. The van der Waals surface area contributed by atoms with Crippen molar-refractivity contribution >= 4 is 12.1 Å². The number of carboxylic acids is 1. The minimum absolute atomic E-state index is 0.0576. The molecule has 0 radical (unpaired) electrons. The van der Waals surface area contributed by atoms with Gasteiger partial charge in [-0.2, -0.15) is 48.3 Å². The lowest BCUT2D eigenvalue weighted by Crippen LogP contribution is -2.68. The number of halogens is 11. The number of hydrogen-bond donors (Lipinski definition) is 1. The van der Waals surface area contributed by atoms with E-state index in [1.54, 1.807) is 37.3 Å². The summed E-state index contributed by atoms with van der Waals surface area (Å²) in [4.78, 5) is 23.8. The first-order valence-electron chi connectivity index (χ1n) is 14.6. The highest BCUT2D eigenvalue weighted by molar-refractivity contribution is 5.72. The number of para-hydroxylation sites is 1. The summed E-state index contributed by atoms with van der Waals surface area (Å²) in [5, 5.41) is 9.22. The number of ether oxygens (including phenoxy) is 4. The molecule has 0 heterocycles. The van der Waals surface area contributed by atoms with Gasteiger partial charge in [0.05, 0.1) is 13.1 Å². The Bertz CT molecular complexity index is 1590. The molecule has 0 saturated heterocycles. The van der Waals surface area contributed by atoms with E-state index in [4.69, 9.17) is 18.9 Å². The predicted molar refractivity (Wildman–Crippen MR) is 155 cm³/mol. The van der Waals surface area contributed by atoms with Crippen molar-refractivity contribution in [2.75, 3.05) is 26.3 Å². The SMILES string of the molecule is CCOC(Cc1ccc(OCCN(CC(F)(F)C(F)(F)C(F)(F)C(F)(F)C(F)(F)F)C(=O)Oc2ccc(Oc3ccccc3)cc2)cc1)C(=O)O. The largest absolute Gasteiger partial charge is 0.492 e. The number of carboxylic acid groups (broad SMARTS) is 1. The van der Waals surface area contributed by atoms with Crippen LogP contribution in [0.25, 0.3) is 0 Å². The molecule has 0 aromatic heterocycles. The number of carbonyl (C=O) groups is 2. The van der Waals surface area contributed by atoms with Gasteiger partial charge < -0.3 is 24.1 Å². The second-order valence-corrected chi connectivity index (χ2v) is 10.6. The summed E-state index contributed by atoms with van der Waals surface area (Å²) < 4.78 is 171. The quantitative estimate of drug-likeness (QED) is 0.139. The van der Waals surface area contributed by atoms with Crippen LogP contribution in [0.4, 0.5) is 53.1 Å². The second-order valence-electron chi connectivity index (χ2n) is 10.6. The molecule has 280 valence electrons. The van der Waals surface area contributed by atoms with Crippen molar-refractivity contribution in [3.63, 3.8) is 0 Å². The Morgan fingerprint density at radius 1 is 0.706 bits per heavy atom. The Morgan fingerprint density at radius 2 is 1.24 bits per heavy atom. The first-order valence-corrected chi connectivity index (χ1v) is 14.6. The molecule has 0 aliphatic carbocycles. The Kier molecular flexibility index (Phi) is 12.8. The molecule has 1 N–H and O–H groups in total. The summed E-state index contributed by atoms with van der Waals surface area (Å²) in [7, 11) is 0. The fraction of sp³-hybridized carbons (Fsp3) is 0.375. The van der Waals surface area contributed by atoms with Crippen LogP contribution in [0.1, 0.15) is 12.5 Å². The highest BCUT2D eigenvalue weighted by Gasteiger charge is 2.87. The number of rotatable bonds is 17. The molecule has 51 heavy (non-hydrogen) atoms. The van der Waals surface area contributed by atoms with Crippen molar-refractivity contribution in [1.82, 2.24) is 4.90 Å². The summed E-state index contributed by atoms with van der Waals surface area (Å²) in [6, 6.07) is 18.0. The average Bonchev–Trinajstić information content (AvgIpc) is 3.05. The Balaban J connectivity index is 1.81. The maximum atomic E-state index is 14.7. The fourth-order valence-corrected chi connectivity index (χ4v) is 4.17. The molecule has 8 nitrogen and oxygen atoms in total. The molecule has 1 atom stereocenters. The van der Waals surface area contributed by atoms with Crippen molar-refractivity contribution in [1.29, 1.82) is 0 Å². The zero-order valence-electron chi connectivity index (χ0n) is 26.1. The van der Waals surface area contributed by atoms with Gasteiger partial charge in [0, 0.05) is 13.0 Å². The van der Waals surface area contributed by atoms with Crippen LogP contribution in [0.5, 0.6) is 23.0 Å².